The van der Waals surface area contributed by atoms with Crippen LogP contribution in [0.3, 0.4) is 0 Å². The Labute approximate surface area is 81.2 Å². The molecule has 1 aromatic carbocycles. The number of nitrogens with one attached hydrogen (secondary N) is 1. The largest absolute Gasteiger partial charge is 0.329 e. The van der Waals surface area contributed by atoms with Crippen molar-refractivity contribution in [3.8, 4) is 0 Å². The molecular weight excluding hydrogens is 212 g/mol. The standard InChI is InChI=1S/C7H5ClN2O2S/c8-4-2-1-3-5-6(4)10-7(9-5)13(11)12/h1-3H,(H,9,10)(H,11,12). The van der Waals surface area contributed by atoms with Crippen molar-refractivity contribution in [1.29, 1.82) is 0 Å². The van der Waals surface area contributed by atoms with E-state index in [0.717, 1.165) is 0 Å². The van der Waals surface area contributed by atoms with Crippen molar-refractivity contribution in [2.75, 3.05) is 0 Å². The first kappa shape index (κ1) is 8.68. The second kappa shape index (κ2) is 3.10. The second-order valence-corrected chi connectivity index (χ2v) is 3.72. The van der Waals surface area contributed by atoms with Crippen LogP contribution in [0.2, 0.25) is 5.02 Å². The number of benzene rings is 1. The molecule has 0 saturated heterocycles. The summed E-state index contributed by atoms with van der Waals surface area (Å²) in [5.74, 6) is 0. The highest BCUT2D eigenvalue weighted by atomic mass is 35.5. The van der Waals surface area contributed by atoms with Gasteiger partial charge in [0.1, 0.15) is 5.52 Å². The minimum atomic E-state index is -2.10. The summed E-state index contributed by atoms with van der Waals surface area (Å²) < 4.78 is 19.4. The molecule has 4 nitrogen and oxygen atoms in total. The van der Waals surface area contributed by atoms with Crippen LogP contribution in [0, 0.1) is 0 Å². The molecule has 6 heteroatoms. The van der Waals surface area contributed by atoms with Gasteiger partial charge in [0, 0.05) is 0 Å². The van der Waals surface area contributed by atoms with E-state index < -0.39 is 11.1 Å². The zero-order valence-electron chi connectivity index (χ0n) is 6.32. The van der Waals surface area contributed by atoms with Crippen LogP contribution in [0.4, 0.5) is 0 Å². The SMILES string of the molecule is O=S(O)c1nc2c(Cl)cccc2[nH]1. The number of fused-ring (bicyclic) bond motifs is 1. The lowest BCUT2D eigenvalue weighted by Gasteiger charge is -1.87. The van der Waals surface area contributed by atoms with Crippen LogP contribution in [-0.4, -0.2) is 18.7 Å². The van der Waals surface area contributed by atoms with Gasteiger partial charge in [-0.1, -0.05) is 17.7 Å². The minimum absolute atomic E-state index is 0.0168. The van der Waals surface area contributed by atoms with Gasteiger partial charge < -0.3 is 4.98 Å². The van der Waals surface area contributed by atoms with Crippen LogP contribution in [0.25, 0.3) is 11.0 Å². The van der Waals surface area contributed by atoms with Crippen LogP contribution >= 0.6 is 11.6 Å². The van der Waals surface area contributed by atoms with E-state index in [1.807, 2.05) is 0 Å². The fraction of sp³-hybridized carbons (Fsp3) is 0. The zero-order valence-corrected chi connectivity index (χ0v) is 7.89. The van der Waals surface area contributed by atoms with Crippen molar-refractivity contribution in [2.24, 2.45) is 0 Å². The second-order valence-electron chi connectivity index (χ2n) is 2.43. The molecule has 1 heterocycles. The molecule has 0 saturated carbocycles. The van der Waals surface area contributed by atoms with Gasteiger partial charge in [0.2, 0.25) is 16.2 Å². The lowest BCUT2D eigenvalue weighted by atomic mass is 10.3. The molecule has 0 spiro atoms. The Hall–Kier alpha value is -0.910. The molecular formula is C7H5ClN2O2S. The number of rotatable bonds is 1. The van der Waals surface area contributed by atoms with Gasteiger partial charge in [0.15, 0.2) is 0 Å². The normalized spacial score (nSPS) is 13.4. The molecule has 0 fully saturated rings. The molecule has 2 N–H and O–H groups in total. The lowest BCUT2D eigenvalue weighted by Crippen LogP contribution is -1.89. The predicted molar refractivity (Wildman–Crippen MR) is 50.1 cm³/mol. The van der Waals surface area contributed by atoms with E-state index in [9.17, 15) is 4.21 Å². The van der Waals surface area contributed by atoms with Crippen molar-refractivity contribution in [2.45, 2.75) is 5.16 Å². The number of hydrogen-bond donors (Lipinski definition) is 2. The Morgan fingerprint density at radius 3 is 2.92 bits per heavy atom. The number of aromatic nitrogens is 2. The average molecular weight is 217 g/mol. The smallest absolute Gasteiger partial charge is 0.225 e. The average Bonchev–Trinajstić information content (AvgIpc) is 2.49. The third kappa shape index (κ3) is 1.46. The summed E-state index contributed by atoms with van der Waals surface area (Å²) >= 11 is 3.72. The van der Waals surface area contributed by atoms with Crippen LogP contribution in [0.1, 0.15) is 0 Å². The van der Waals surface area contributed by atoms with Gasteiger partial charge in [-0.2, -0.15) is 0 Å². The van der Waals surface area contributed by atoms with Crippen LogP contribution in [0.15, 0.2) is 23.4 Å². The van der Waals surface area contributed by atoms with Crippen molar-refractivity contribution in [3.05, 3.63) is 23.2 Å². The molecule has 2 aromatic rings. The maximum atomic E-state index is 10.7. The number of hydrogen-bond acceptors (Lipinski definition) is 2. The lowest BCUT2D eigenvalue weighted by molar-refractivity contribution is 0.557. The third-order valence-corrected chi connectivity index (χ3v) is 2.44. The Kier molecular flexibility index (Phi) is 2.07. The molecule has 0 radical (unpaired) electrons. The first-order chi connectivity index (χ1) is 6.18. The van der Waals surface area contributed by atoms with Crippen molar-refractivity contribution in [3.63, 3.8) is 0 Å². The van der Waals surface area contributed by atoms with Crippen molar-refractivity contribution < 1.29 is 8.76 Å². The summed E-state index contributed by atoms with van der Waals surface area (Å²) in [4.78, 5) is 6.56. The Balaban J connectivity index is 2.75. The number of imidazole rings is 1. The van der Waals surface area contributed by atoms with Gasteiger partial charge in [-0.3, -0.25) is 4.55 Å². The summed E-state index contributed by atoms with van der Waals surface area (Å²) in [5.41, 5.74) is 1.17. The fourth-order valence-electron chi connectivity index (χ4n) is 1.06. The Morgan fingerprint density at radius 1 is 1.54 bits per heavy atom. The molecule has 13 heavy (non-hydrogen) atoms. The highest BCUT2D eigenvalue weighted by Crippen LogP contribution is 2.21. The molecule has 68 valence electrons. The summed E-state index contributed by atoms with van der Waals surface area (Å²) in [6.45, 7) is 0. The molecule has 1 unspecified atom stereocenters. The van der Waals surface area contributed by atoms with Gasteiger partial charge in [0.25, 0.3) is 0 Å². The molecule has 1 atom stereocenters. The summed E-state index contributed by atoms with van der Waals surface area (Å²) in [6.07, 6.45) is 0. The fourth-order valence-corrected chi connectivity index (χ4v) is 1.64. The molecule has 0 aliphatic carbocycles. The zero-order chi connectivity index (χ0) is 9.42. The molecule has 0 aliphatic heterocycles. The number of aromatic amines is 1. The van der Waals surface area contributed by atoms with Crippen molar-refractivity contribution >= 4 is 33.7 Å². The maximum Gasteiger partial charge on any atom is 0.225 e. The van der Waals surface area contributed by atoms with Gasteiger partial charge in [-0.25, -0.2) is 9.19 Å². The summed E-state index contributed by atoms with van der Waals surface area (Å²) in [7, 11) is 0. The number of halogens is 1. The number of nitrogens with zero attached hydrogens (tertiary/aromatic N) is 1. The van der Waals surface area contributed by atoms with E-state index in [-0.39, 0.29) is 5.16 Å². The molecule has 0 bridgehead atoms. The monoisotopic (exact) mass is 216 g/mol. The molecule has 1 aromatic heterocycles. The predicted octanol–water partition coefficient (Wildman–Crippen LogP) is 1.80. The van der Waals surface area contributed by atoms with Crippen molar-refractivity contribution in [1.82, 2.24) is 9.97 Å². The number of H-pyrrole nitrogens is 1. The first-order valence-electron chi connectivity index (χ1n) is 3.43. The van der Waals surface area contributed by atoms with E-state index >= 15 is 0 Å². The van der Waals surface area contributed by atoms with Gasteiger partial charge in [0.05, 0.1) is 10.5 Å². The van der Waals surface area contributed by atoms with E-state index in [1.54, 1.807) is 18.2 Å². The summed E-state index contributed by atoms with van der Waals surface area (Å²) in [5, 5.41) is 0.480. The van der Waals surface area contributed by atoms with Gasteiger partial charge >= 0.3 is 0 Å². The molecule has 0 aliphatic rings. The first-order valence-corrected chi connectivity index (χ1v) is 4.92. The maximum absolute atomic E-state index is 10.7. The quantitative estimate of drug-likeness (QED) is 0.715. The van der Waals surface area contributed by atoms with Crippen LogP contribution < -0.4 is 0 Å². The highest BCUT2D eigenvalue weighted by Gasteiger charge is 2.08. The van der Waals surface area contributed by atoms with E-state index in [0.29, 0.717) is 16.1 Å². The topological polar surface area (TPSA) is 66.0 Å². The third-order valence-electron chi connectivity index (χ3n) is 1.61. The minimum Gasteiger partial charge on any atom is -0.329 e. The molecule has 2 rings (SSSR count). The number of para-hydroxylation sites is 1. The molecule has 0 amide bonds. The van der Waals surface area contributed by atoms with Crippen LogP contribution in [-0.2, 0) is 11.1 Å². The van der Waals surface area contributed by atoms with E-state index in [4.69, 9.17) is 16.2 Å². The van der Waals surface area contributed by atoms with Crippen LogP contribution in [0.5, 0.6) is 0 Å². The van der Waals surface area contributed by atoms with Gasteiger partial charge in [-0.05, 0) is 12.1 Å². The Morgan fingerprint density at radius 2 is 2.31 bits per heavy atom. The summed E-state index contributed by atoms with van der Waals surface area (Å²) in [6, 6.07) is 5.16. The van der Waals surface area contributed by atoms with Gasteiger partial charge in [-0.15, -0.1) is 0 Å². The van der Waals surface area contributed by atoms with E-state index in [1.165, 1.54) is 0 Å². The van der Waals surface area contributed by atoms with E-state index in [2.05, 4.69) is 9.97 Å². The Bertz CT molecular complexity index is 482. The highest BCUT2D eigenvalue weighted by molar-refractivity contribution is 7.79.